The molecule has 2 aliphatic heterocycles. The second-order valence-corrected chi connectivity index (χ2v) is 7.27. The minimum atomic E-state index is 0.557. The van der Waals surface area contributed by atoms with Gasteiger partial charge in [-0.2, -0.15) is 0 Å². The summed E-state index contributed by atoms with van der Waals surface area (Å²) in [5.74, 6) is 0.735. The summed E-state index contributed by atoms with van der Waals surface area (Å²) in [5, 5.41) is 0. The Morgan fingerprint density at radius 2 is 2.00 bits per heavy atom. The topological polar surface area (TPSA) is 29.3 Å². The van der Waals surface area contributed by atoms with E-state index in [9.17, 15) is 0 Å². The van der Waals surface area contributed by atoms with Gasteiger partial charge >= 0.3 is 0 Å². The van der Waals surface area contributed by atoms with Gasteiger partial charge in [0, 0.05) is 25.6 Å². The normalized spacial score (nSPS) is 23.2. The fourth-order valence-corrected chi connectivity index (χ4v) is 4.41. The zero-order chi connectivity index (χ0) is 16.8. The summed E-state index contributed by atoms with van der Waals surface area (Å²) in [6.45, 7) is 2.96. The predicted octanol–water partition coefficient (Wildman–Crippen LogP) is 4.96. The Balaban J connectivity index is 1.43. The van der Waals surface area contributed by atoms with Crippen LogP contribution in [0.1, 0.15) is 36.3 Å². The van der Waals surface area contributed by atoms with Crippen molar-refractivity contribution in [2.45, 2.75) is 44.8 Å². The van der Waals surface area contributed by atoms with E-state index in [4.69, 9.17) is 4.42 Å². The third-order valence-electron chi connectivity index (χ3n) is 5.61. The van der Waals surface area contributed by atoms with Gasteiger partial charge in [0.15, 0.2) is 11.5 Å². The highest BCUT2D eigenvalue weighted by Crippen LogP contribution is 2.39. The van der Waals surface area contributed by atoms with Crippen molar-refractivity contribution in [1.29, 1.82) is 0 Å². The molecule has 0 amide bonds. The van der Waals surface area contributed by atoms with Crippen LogP contribution in [0.25, 0.3) is 16.7 Å². The number of benzene rings is 2. The Morgan fingerprint density at radius 1 is 1.12 bits per heavy atom. The summed E-state index contributed by atoms with van der Waals surface area (Å²) < 4.78 is 5.72. The lowest BCUT2D eigenvalue weighted by Crippen LogP contribution is -2.37. The summed E-state index contributed by atoms with van der Waals surface area (Å²) in [7, 11) is 0. The van der Waals surface area contributed by atoms with Gasteiger partial charge in [-0.15, -0.1) is 0 Å². The van der Waals surface area contributed by atoms with E-state index in [1.54, 1.807) is 0 Å². The third kappa shape index (κ3) is 2.69. The van der Waals surface area contributed by atoms with Crippen molar-refractivity contribution >= 4 is 16.7 Å². The number of oxazole rings is 1. The zero-order valence-electron chi connectivity index (χ0n) is 14.5. The lowest BCUT2D eigenvalue weighted by Gasteiger charge is -2.34. The molecule has 3 heteroatoms. The molecule has 0 radical (unpaired) electrons. The minimum absolute atomic E-state index is 0.557. The van der Waals surface area contributed by atoms with Gasteiger partial charge < -0.3 is 4.42 Å². The molecule has 0 saturated carbocycles. The molecule has 2 aromatic carbocycles. The fourth-order valence-electron chi connectivity index (χ4n) is 4.41. The van der Waals surface area contributed by atoms with Crippen LogP contribution >= 0.6 is 0 Å². The minimum Gasteiger partial charge on any atom is -0.441 e. The summed E-state index contributed by atoms with van der Waals surface area (Å²) >= 11 is 0. The number of hydrogen-bond donors (Lipinski definition) is 0. The lowest BCUT2D eigenvalue weighted by atomic mass is 9.94. The van der Waals surface area contributed by atoms with Crippen LogP contribution in [0.2, 0.25) is 0 Å². The predicted molar refractivity (Wildman–Crippen MR) is 100 cm³/mol. The largest absolute Gasteiger partial charge is 0.441 e. The van der Waals surface area contributed by atoms with Gasteiger partial charge in [-0.05, 0) is 48.1 Å². The van der Waals surface area contributed by atoms with Gasteiger partial charge in [-0.1, -0.05) is 42.5 Å². The van der Waals surface area contributed by atoms with Crippen LogP contribution in [0.4, 0.5) is 0 Å². The zero-order valence-corrected chi connectivity index (χ0v) is 14.5. The monoisotopic (exact) mass is 330 g/mol. The molecule has 3 aromatic rings. The maximum Gasteiger partial charge on any atom is 0.192 e. The Bertz CT molecular complexity index is 941. The first kappa shape index (κ1) is 14.9. The number of aromatic nitrogens is 1. The molecule has 2 atom stereocenters. The van der Waals surface area contributed by atoms with Crippen LogP contribution in [-0.4, -0.2) is 22.0 Å². The second-order valence-electron chi connectivity index (χ2n) is 7.27. The molecule has 0 spiro atoms. The average Bonchev–Trinajstić information content (AvgIpc) is 3.09. The van der Waals surface area contributed by atoms with Crippen LogP contribution in [0.5, 0.6) is 0 Å². The highest BCUT2D eigenvalue weighted by Gasteiger charge is 2.36. The van der Waals surface area contributed by atoms with E-state index in [0.717, 1.165) is 30.0 Å². The van der Waals surface area contributed by atoms with E-state index >= 15 is 0 Å². The second kappa shape index (κ2) is 5.85. The van der Waals surface area contributed by atoms with Crippen LogP contribution < -0.4 is 0 Å². The van der Waals surface area contributed by atoms with E-state index in [0.29, 0.717) is 12.1 Å². The highest BCUT2D eigenvalue weighted by atomic mass is 16.3. The Morgan fingerprint density at radius 3 is 2.84 bits per heavy atom. The Kier molecular flexibility index (Phi) is 3.49. The van der Waals surface area contributed by atoms with E-state index < -0.39 is 0 Å². The van der Waals surface area contributed by atoms with E-state index in [2.05, 4.69) is 64.5 Å². The van der Waals surface area contributed by atoms with Crippen molar-refractivity contribution in [3.05, 3.63) is 71.6 Å². The van der Waals surface area contributed by atoms with Gasteiger partial charge in [-0.25, -0.2) is 4.98 Å². The van der Waals surface area contributed by atoms with E-state index in [-0.39, 0.29) is 0 Å². The third-order valence-corrected chi connectivity index (χ3v) is 5.61. The average molecular weight is 330 g/mol. The molecule has 1 fully saturated rings. The molecular formula is C22H22N2O. The summed E-state index contributed by atoms with van der Waals surface area (Å²) in [6.07, 6.45) is 6.17. The van der Waals surface area contributed by atoms with E-state index in [1.165, 1.54) is 29.5 Å². The fraction of sp³-hybridized carbons (Fsp3) is 0.318. The molecule has 5 rings (SSSR count). The Labute approximate surface area is 148 Å². The maximum absolute atomic E-state index is 5.72. The van der Waals surface area contributed by atoms with Crippen LogP contribution in [-0.2, 0) is 6.54 Å². The van der Waals surface area contributed by atoms with Crippen LogP contribution in [0.3, 0.4) is 0 Å². The molecular weight excluding hydrogens is 308 g/mol. The Hall–Kier alpha value is -2.39. The van der Waals surface area contributed by atoms with Crippen molar-refractivity contribution in [2.75, 3.05) is 0 Å². The number of fused-ring (bicyclic) bond motifs is 3. The quantitative estimate of drug-likeness (QED) is 0.680. The maximum atomic E-state index is 5.72. The van der Waals surface area contributed by atoms with Crippen LogP contribution in [0, 0.1) is 6.92 Å². The number of rotatable bonds is 3. The standard InChI is InChI=1S/C22H22N2O/c1-15-23-21-10-7-17(13-22(21)25-15)18-11-19-8-9-20(12-18)24(19)14-16-5-3-2-4-6-16/h2-7,10-11,13,19-20H,8-9,12,14H2,1H3. The number of hydrogen-bond acceptors (Lipinski definition) is 3. The molecule has 1 saturated heterocycles. The molecule has 0 aliphatic carbocycles. The van der Waals surface area contributed by atoms with Crippen molar-refractivity contribution in [3.63, 3.8) is 0 Å². The number of aryl methyl sites for hydroxylation is 1. The highest BCUT2D eigenvalue weighted by molar-refractivity contribution is 5.80. The van der Waals surface area contributed by atoms with Gasteiger partial charge in [0.05, 0.1) is 0 Å². The van der Waals surface area contributed by atoms with Crippen molar-refractivity contribution in [1.82, 2.24) is 9.88 Å². The molecule has 2 bridgehead atoms. The molecule has 3 nitrogen and oxygen atoms in total. The first-order chi connectivity index (χ1) is 12.3. The molecule has 2 aliphatic rings. The van der Waals surface area contributed by atoms with Gasteiger partial charge in [0.2, 0.25) is 0 Å². The van der Waals surface area contributed by atoms with Gasteiger partial charge in [0.25, 0.3) is 0 Å². The smallest absolute Gasteiger partial charge is 0.192 e. The molecule has 0 N–H and O–H groups in total. The first-order valence-corrected chi connectivity index (χ1v) is 9.14. The molecule has 1 aromatic heterocycles. The summed E-state index contributed by atoms with van der Waals surface area (Å²) in [6, 6.07) is 18.5. The van der Waals surface area contributed by atoms with Crippen LogP contribution in [0.15, 0.2) is 59.0 Å². The SMILES string of the molecule is Cc1nc2ccc(C3=CC4CCC(C3)N4Cc3ccccc3)cc2o1. The van der Waals surface area contributed by atoms with Gasteiger partial charge in [0.1, 0.15) is 5.52 Å². The lowest BCUT2D eigenvalue weighted by molar-refractivity contribution is 0.203. The molecule has 2 unspecified atom stereocenters. The summed E-state index contributed by atoms with van der Waals surface area (Å²) in [5.41, 5.74) is 6.02. The summed E-state index contributed by atoms with van der Waals surface area (Å²) in [4.78, 5) is 7.08. The van der Waals surface area contributed by atoms with Crippen molar-refractivity contribution in [3.8, 4) is 0 Å². The first-order valence-electron chi connectivity index (χ1n) is 9.14. The van der Waals surface area contributed by atoms with Crippen molar-refractivity contribution < 1.29 is 4.42 Å². The molecule has 126 valence electrons. The van der Waals surface area contributed by atoms with Crippen molar-refractivity contribution in [2.24, 2.45) is 0 Å². The number of nitrogens with zero attached hydrogens (tertiary/aromatic N) is 2. The molecule has 25 heavy (non-hydrogen) atoms. The van der Waals surface area contributed by atoms with E-state index in [1.807, 2.05) is 6.92 Å². The van der Waals surface area contributed by atoms with Gasteiger partial charge in [-0.3, -0.25) is 4.90 Å². The molecule has 3 heterocycles.